The summed E-state index contributed by atoms with van der Waals surface area (Å²) in [6, 6.07) is 18.7. The Hall–Kier alpha value is -3.12. The number of anilines is 2. The molecule has 5 nitrogen and oxygen atoms in total. The van der Waals surface area contributed by atoms with Crippen molar-refractivity contribution in [3.05, 3.63) is 82.0 Å². The quantitative estimate of drug-likeness (QED) is 0.639. The first-order valence-corrected chi connectivity index (χ1v) is 9.86. The third kappa shape index (κ3) is 5.44. The van der Waals surface area contributed by atoms with E-state index in [1.165, 1.54) is 0 Å². The van der Waals surface area contributed by atoms with Gasteiger partial charge in [0, 0.05) is 35.9 Å². The lowest BCUT2D eigenvalue weighted by molar-refractivity contribution is -0.120. The van der Waals surface area contributed by atoms with Crippen molar-refractivity contribution in [2.45, 2.75) is 13.0 Å². The van der Waals surface area contributed by atoms with E-state index in [2.05, 4.69) is 10.6 Å². The minimum Gasteiger partial charge on any atom is -0.378 e. The third-order valence-electron chi connectivity index (χ3n) is 4.26. The van der Waals surface area contributed by atoms with Crippen molar-refractivity contribution in [3.8, 4) is 0 Å². The number of benzene rings is 2. The fraction of sp³-hybridized carbons (Fsp3) is 0.182. The molecule has 2 N–H and O–H groups in total. The Morgan fingerprint density at radius 2 is 1.68 bits per heavy atom. The summed E-state index contributed by atoms with van der Waals surface area (Å²) in [6.07, 6.45) is 0.311. The van der Waals surface area contributed by atoms with Gasteiger partial charge in [0.2, 0.25) is 5.91 Å². The van der Waals surface area contributed by atoms with Crippen molar-refractivity contribution in [1.29, 1.82) is 0 Å². The van der Waals surface area contributed by atoms with E-state index < -0.39 is 0 Å². The minimum absolute atomic E-state index is 0.0221. The van der Waals surface area contributed by atoms with E-state index in [0.29, 0.717) is 24.2 Å². The van der Waals surface area contributed by atoms with Crippen LogP contribution in [0, 0.1) is 0 Å². The molecule has 2 aromatic carbocycles. The molecule has 0 saturated carbocycles. The van der Waals surface area contributed by atoms with E-state index in [4.69, 9.17) is 0 Å². The Labute approximate surface area is 169 Å². The summed E-state index contributed by atoms with van der Waals surface area (Å²) in [7, 11) is 3.91. The van der Waals surface area contributed by atoms with Gasteiger partial charge in [-0.1, -0.05) is 18.2 Å². The van der Waals surface area contributed by atoms with Crippen LogP contribution in [0.5, 0.6) is 0 Å². The Morgan fingerprint density at radius 1 is 0.964 bits per heavy atom. The van der Waals surface area contributed by atoms with Gasteiger partial charge in [-0.15, -0.1) is 11.3 Å². The molecule has 0 aliphatic carbocycles. The van der Waals surface area contributed by atoms with E-state index in [0.717, 1.165) is 16.1 Å². The highest BCUT2D eigenvalue weighted by atomic mass is 32.1. The van der Waals surface area contributed by atoms with Crippen molar-refractivity contribution in [1.82, 2.24) is 5.32 Å². The van der Waals surface area contributed by atoms with Gasteiger partial charge in [0.15, 0.2) is 0 Å². The second kappa shape index (κ2) is 9.19. The molecule has 3 aromatic rings. The van der Waals surface area contributed by atoms with Crippen LogP contribution in [0.15, 0.2) is 66.0 Å². The van der Waals surface area contributed by atoms with Crippen LogP contribution in [0.3, 0.4) is 0 Å². The maximum atomic E-state index is 12.4. The van der Waals surface area contributed by atoms with Crippen molar-refractivity contribution in [2.75, 3.05) is 24.3 Å². The van der Waals surface area contributed by atoms with Crippen molar-refractivity contribution in [2.24, 2.45) is 0 Å². The molecule has 0 spiro atoms. The monoisotopic (exact) mass is 393 g/mol. The summed E-state index contributed by atoms with van der Waals surface area (Å²) < 4.78 is 0. The molecule has 0 unspecified atom stereocenters. The molecule has 28 heavy (non-hydrogen) atoms. The number of thiophene rings is 1. The van der Waals surface area contributed by atoms with Crippen LogP contribution in [0.1, 0.15) is 20.8 Å². The molecule has 0 aliphatic heterocycles. The predicted octanol–water partition coefficient (Wildman–Crippen LogP) is 3.93. The molecule has 144 valence electrons. The molecule has 6 heteroatoms. The van der Waals surface area contributed by atoms with E-state index >= 15 is 0 Å². The second-order valence-electron chi connectivity index (χ2n) is 6.63. The fourth-order valence-corrected chi connectivity index (χ4v) is 3.31. The van der Waals surface area contributed by atoms with E-state index in [-0.39, 0.29) is 11.8 Å². The molecule has 1 aromatic heterocycles. The highest BCUT2D eigenvalue weighted by Gasteiger charge is 2.08. The van der Waals surface area contributed by atoms with Crippen LogP contribution >= 0.6 is 11.3 Å². The van der Waals surface area contributed by atoms with E-state index in [1.54, 1.807) is 23.5 Å². The number of carbonyl (C=O) groups excluding carboxylic acids is 2. The Kier molecular flexibility index (Phi) is 6.45. The standard InChI is InChI=1S/C22H23N3O2S/c1-25(2)19-11-7-17(8-12-19)22(27)24-18-9-5-16(6-10-18)14-21(26)23-15-20-4-3-13-28-20/h3-13H,14-15H2,1-2H3,(H,23,26)(H,24,27). The zero-order valence-electron chi connectivity index (χ0n) is 15.9. The number of hydrogen-bond donors (Lipinski definition) is 2. The zero-order valence-corrected chi connectivity index (χ0v) is 16.8. The normalized spacial score (nSPS) is 10.4. The third-order valence-corrected chi connectivity index (χ3v) is 5.14. The molecule has 0 radical (unpaired) electrons. The first-order chi connectivity index (χ1) is 13.5. The zero-order chi connectivity index (χ0) is 19.9. The average molecular weight is 394 g/mol. The van der Waals surface area contributed by atoms with Gasteiger partial charge in [-0.25, -0.2) is 0 Å². The lowest BCUT2D eigenvalue weighted by Gasteiger charge is -2.12. The SMILES string of the molecule is CN(C)c1ccc(C(=O)Nc2ccc(CC(=O)NCc3cccs3)cc2)cc1. The highest BCUT2D eigenvalue weighted by Crippen LogP contribution is 2.15. The number of nitrogens with one attached hydrogen (secondary N) is 2. The lowest BCUT2D eigenvalue weighted by atomic mass is 10.1. The first kappa shape index (κ1) is 19.6. The predicted molar refractivity (Wildman–Crippen MR) is 115 cm³/mol. The van der Waals surface area contributed by atoms with Crippen LogP contribution < -0.4 is 15.5 Å². The van der Waals surface area contributed by atoms with E-state index in [1.807, 2.05) is 72.9 Å². The summed E-state index contributed by atoms with van der Waals surface area (Å²) in [5.74, 6) is -0.182. The van der Waals surface area contributed by atoms with Gasteiger partial charge < -0.3 is 15.5 Å². The molecule has 0 fully saturated rings. The van der Waals surface area contributed by atoms with Gasteiger partial charge in [0.05, 0.1) is 13.0 Å². The summed E-state index contributed by atoms with van der Waals surface area (Å²) in [5, 5.41) is 7.78. The fourth-order valence-electron chi connectivity index (χ4n) is 2.67. The number of hydrogen-bond acceptors (Lipinski definition) is 4. The molecule has 0 aliphatic rings. The van der Waals surface area contributed by atoms with Crippen LogP contribution in [0.25, 0.3) is 0 Å². The van der Waals surface area contributed by atoms with Gasteiger partial charge in [-0.05, 0) is 53.4 Å². The van der Waals surface area contributed by atoms with Gasteiger partial charge >= 0.3 is 0 Å². The van der Waals surface area contributed by atoms with Crippen LogP contribution in [0.2, 0.25) is 0 Å². The first-order valence-electron chi connectivity index (χ1n) is 8.98. The summed E-state index contributed by atoms with van der Waals surface area (Å²) in [4.78, 5) is 27.5. The Morgan fingerprint density at radius 3 is 2.29 bits per heavy atom. The average Bonchev–Trinajstić information content (AvgIpc) is 3.21. The maximum absolute atomic E-state index is 12.4. The number of nitrogens with zero attached hydrogens (tertiary/aromatic N) is 1. The molecule has 1 heterocycles. The largest absolute Gasteiger partial charge is 0.378 e. The van der Waals surface area contributed by atoms with Crippen molar-refractivity contribution >= 4 is 34.5 Å². The summed E-state index contributed by atoms with van der Waals surface area (Å²) in [6.45, 7) is 0.553. The molecule has 3 rings (SSSR count). The van der Waals surface area contributed by atoms with Crippen LogP contribution in [-0.4, -0.2) is 25.9 Å². The molecule has 0 atom stereocenters. The number of amides is 2. The second-order valence-corrected chi connectivity index (χ2v) is 7.66. The molecular formula is C22H23N3O2S. The molecule has 2 amide bonds. The van der Waals surface area contributed by atoms with Crippen LogP contribution in [0.4, 0.5) is 11.4 Å². The number of rotatable bonds is 7. The smallest absolute Gasteiger partial charge is 0.255 e. The Balaban J connectivity index is 1.52. The topological polar surface area (TPSA) is 61.4 Å². The summed E-state index contributed by atoms with van der Waals surface area (Å²) >= 11 is 1.62. The van der Waals surface area contributed by atoms with Gasteiger partial charge in [0.25, 0.3) is 5.91 Å². The van der Waals surface area contributed by atoms with E-state index in [9.17, 15) is 9.59 Å². The van der Waals surface area contributed by atoms with Gasteiger partial charge in [-0.3, -0.25) is 9.59 Å². The van der Waals surface area contributed by atoms with Crippen molar-refractivity contribution < 1.29 is 9.59 Å². The minimum atomic E-state index is -0.160. The molecule has 0 bridgehead atoms. The number of carbonyl (C=O) groups is 2. The van der Waals surface area contributed by atoms with Gasteiger partial charge in [0.1, 0.15) is 0 Å². The van der Waals surface area contributed by atoms with Crippen LogP contribution in [-0.2, 0) is 17.8 Å². The molecular weight excluding hydrogens is 370 g/mol. The Bertz CT molecular complexity index is 917. The maximum Gasteiger partial charge on any atom is 0.255 e. The van der Waals surface area contributed by atoms with Crippen molar-refractivity contribution in [3.63, 3.8) is 0 Å². The lowest BCUT2D eigenvalue weighted by Crippen LogP contribution is -2.24. The van der Waals surface area contributed by atoms with Gasteiger partial charge in [-0.2, -0.15) is 0 Å². The molecule has 0 saturated heterocycles. The highest BCUT2D eigenvalue weighted by molar-refractivity contribution is 7.09. The summed E-state index contributed by atoms with van der Waals surface area (Å²) in [5.41, 5.74) is 3.24.